The second kappa shape index (κ2) is 7.95. The minimum atomic E-state index is -0.520. The van der Waals surface area contributed by atoms with Crippen LogP contribution in [0.25, 0.3) is 21.3 Å². The standard InChI is InChI=1S/C19H15ClN2O5S/c1-9-13-16(23)21-15(22-17(13)28-14(9)19(25)27-3)12(20)8-10-4-6-11(7-5-10)18(24)26-2/h4-8H,1-3H3,(H,21,22,23)/b12-8-. The van der Waals surface area contributed by atoms with Gasteiger partial charge in [-0.2, -0.15) is 0 Å². The minimum Gasteiger partial charge on any atom is -0.465 e. The van der Waals surface area contributed by atoms with Gasteiger partial charge in [0.25, 0.3) is 5.56 Å². The summed E-state index contributed by atoms with van der Waals surface area (Å²) in [6.45, 7) is 1.67. The van der Waals surface area contributed by atoms with Crippen molar-refractivity contribution in [1.29, 1.82) is 0 Å². The topological polar surface area (TPSA) is 98.3 Å². The number of H-pyrrole nitrogens is 1. The molecule has 0 aliphatic rings. The molecule has 0 saturated heterocycles. The Morgan fingerprint density at radius 1 is 1.14 bits per heavy atom. The molecule has 3 rings (SSSR count). The molecule has 144 valence electrons. The Labute approximate surface area is 168 Å². The maximum Gasteiger partial charge on any atom is 0.348 e. The lowest BCUT2D eigenvalue weighted by atomic mass is 10.1. The first kappa shape index (κ1) is 19.8. The van der Waals surface area contributed by atoms with Crippen LogP contribution < -0.4 is 5.56 Å². The Kier molecular flexibility index (Phi) is 5.62. The molecule has 28 heavy (non-hydrogen) atoms. The highest BCUT2D eigenvalue weighted by atomic mass is 35.5. The molecule has 1 aromatic carbocycles. The average Bonchev–Trinajstić information content (AvgIpc) is 3.04. The fraction of sp³-hybridized carbons (Fsp3) is 0.158. The average molecular weight is 419 g/mol. The minimum absolute atomic E-state index is 0.175. The molecular weight excluding hydrogens is 404 g/mol. The van der Waals surface area contributed by atoms with Crippen molar-refractivity contribution >= 4 is 56.2 Å². The quantitative estimate of drug-likeness (QED) is 0.650. The number of ether oxygens (including phenoxy) is 2. The summed E-state index contributed by atoms with van der Waals surface area (Å²) < 4.78 is 9.39. The maximum absolute atomic E-state index is 12.5. The smallest absolute Gasteiger partial charge is 0.348 e. The van der Waals surface area contributed by atoms with Crippen LogP contribution in [0.2, 0.25) is 0 Å². The summed E-state index contributed by atoms with van der Waals surface area (Å²) >= 11 is 7.40. The summed E-state index contributed by atoms with van der Waals surface area (Å²) in [5, 5.41) is 0.538. The molecular formula is C19H15ClN2O5S. The highest BCUT2D eigenvalue weighted by molar-refractivity contribution is 7.20. The molecule has 0 aliphatic carbocycles. The number of carbonyl (C=O) groups excluding carboxylic acids is 2. The van der Waals surface area contributed by atoms with E-state index in [1.807, 2.05) is 0 Å². The molecule has 0 atom stereocenters. The molecule has 2 heterocycles. The van der Waals surface area contributed by atoms with E-state index in [1.165, 1.54) is 14.2 Å². The Morgan fingerprint density at radius 2 is 1.79 bits per heavy atom. The van der Waals surface area contributed by atoms with Gasteiger partial charge in [0.1, 0.15) is 9.71 Å². The van der Waals surface area contributed by atoms with Gasteiger partial charge in [-0.15, -0.1) is 11.3 Å². The third-order valence-electron chi connectivity index (χ3n) is 4.02. The molecule has 7 nitrogen and oxygen atoms in total. The van der Waals surface area contributed by atoms with Crippen molar-refractivity contribution < 1.29 is 19.1 Å². The van der Waals surface area contributed by atoms with Crippen molar-refractivity contribution in [2.24, 2.45) is 0 Å². The zero-order valence-electron chi connectivity index (χ0n) is 15.2. The molecule has 0 radical (unpaired) electrons. The summed E-state index contributed by atoms with van der Waals surface area (Å²) in [5.74, 6) is -0.782. The largest absolute Gasteiger partial charge is 0.465 e. The third-order valence-corrected chi connectivity index (χ3v) is 5.48. The van der Waals surface area contributed by atoms with E-state index in [2.05, 4.69) is 14.7 Å². The van der Waals surface area contributed by atoms with Crippen molar-refractivity contribution in [2.45, 2.75) is 6.92 Å². The van der Waals surface area contributed by atoms with Gasteiger partial charge >= 0.3 is 11.9 Å². The first-order chi connectivity index (χ1) is 13.3. The number of nitrogens with zero attached hydrogens (tertiary/aromatic N) is 1. The summed E-state index contributed by atoms with van der Waals surface area (Å²) in [5.41, 5.74) is 1.24. The number of carbonyl (C=O) groups is 2. The second-order valence-electron chi connectivity index (χ2n) is 5.75. The van der Waals surface area contributed by atoms with E-state index in [-0.39, 0.29) is 10.9 Å². The van der Waals surface area contributed by atoms with Gasteiger partial charge in [-0.05, 0) is 36.3 Å². The molecule has 1 N–H and O–H groups in total. The SMILES string of the molecule is COC(=O)c1ccc(/C=C(\Cl)c2nc3sc(C(=O)OC)c(C)c3c(=O)[nH]2)cc1. The van der Waals surface area contributed by atoms with Gasteiger partial charge in [-0.25, -0.2) is 14.6 Å². The van der Waals surface area contributed by atoms with Crippen LogP contribution in [0.5, 0.6) is 0 Å². The van der Waals surface area contributed by atoms with E-state index in [0.29, 0.717) is 31.8 Å². The first-order valence-electron chi connectivity index (χ1n) is 8.03. The Balaban J connectivity index is 2.01. The number of halogens is 1. The number of esters is 2. The van der Waals surface area contributed by atoms with E-state index in [1.54, 1.807) is 37.3 Å². The summed E-state index contributed by atoms with van der Waals surface area (Å²) in [4.78, 5) is 43.5. The van der Waals surface area contributed by atoms with Crippen molar-refractivity contribution in [1.82, 2.24) is 9.97 Å². The molecule has 0 amide bonds. The third kappa shape index (κ3) is 3.69. The molecule has 3 aromatic rings. The number of thiophene rings is 1. The van der Waals surface area contributed by atoms with Crippen molar-refractivity contribution in [3.63, 3.8) is 0 Å². The summed E-state index contributed by atoms with van der Waals surface area (Å²) in [7, 11) is 2.59. The van der Waals surface area contributed by atoms with Gasteiger partial charge in [0.05, 0.1) is 30.2 Å². The van der Waals surface area contributed by atoms with Gasteiger partial charge in [-0.1, -0.05) is 23.7 Å². The van der Waals surface area contributed by atoms with Gasteiger partial charge in [0.2, 0.25) is 0 Å². The highest BCUT2D eigenvalue weighted by Crippen LogP contribution is 2.29. The lowest BCUT2D eigenvalue weighted by Gasteiger charge is -2.02. The summed E-state index contributed by atoms with van der Waals surface area (Å²) in [6, 6.07) is 6.59. The second-order valence-corrected chi connectivity index (χ2v) is 7.15. The Bertz CT molecular complexity index is 1160. The highest BCUT2D eigenvalue weighted by Gasteiger charge is 2.20. The predicted octanol–water partition coefficient (Wildman–Crippen LogP) is 3.60. The Hall–Kier alpha value is -2.97. The van der Waals surface area contributed by atoms with E-state index >= 15 is 0 Å². The number of rotatable bonds is 4. The summed E-state index contributed by atoms with van der Waals surface area (Å²) in [6.07, 6.45) is 1.61. The number of hydrogen-bond donors (Lipinski definition) is 1. The van der Waals surface area contributed by atoms with Gasteiger partial charge in [0, 0.05) is 0 Å². The van der Waals surface area contributed by atoms with E-state index in [4.69, 9.17) is 16.3 Å². The van der Waals surface area contributed by atoms with E-state index < -0.39 is 17.5 Å². The number of aryl methyl sites for hydroxylation is 1. The molecule has 0 bridgehead atoms. The van der Waals surface area contributed by atoms with Crippen molar-refractivity contribution in [3.8, 4) is 0 Å². The van der Waals surface area contributed by atoms with Gasteiger partial charge < -0.3 is 14.5 Å². The number of nitrogens with one attached hydrogen (secondary N) is 1. The lowest BCUT2D eigenvalue weighted by molar-refractivity contribution is 0.0594. The van der Waals surface area contributed by atoms with Crippen LogP contribution in [-0.4, -0.2) is 36.1 Å². The molecule has 0 fully saturated rings. The first-order valence-corrected chi connectivity index (χ1v) is 9.22. The molecule has 0 aliphatic heterocycles. The lowest BCUT2D eigenvalue weighted by Crippen LogP contribution is -2.10. The fourth-order valence-electron chi connectivity index (χ4n) is 2.59. The number of methoxy groups -OCH3 is 2. The molecule has 0 spiro atoms. The number of benzene rings is 1. The van der Waals surface area contributed by atoms with Crippen LogP contribution in [0.4, 0.5) is 0 Å². The zero-order valence-corrected chi connectivity index (χ0v) is 16.7. The molecule has 9 heteroatoms. The normalized spacial score (nSPS) is 11.5. The Morgan fingerprint density at radius 3 is 2.39 bits per heavy atom. The zero-order chi connectivity index (χ0) is 20.4. The number of hydrogen-bond acceptors (Lipinski definition) is 7. The number of aromatic amines is 1. The van der Waals surface area contributed by atoms with E-state index in [0.717, 1.165) is 11.3 Å². The van der Waals surface area contributed by atoms with E-state index in [9.17, 15) is 14.4 Å². The predicted molar refractivity (Wildman–Crippen MR) is 108 cm³/mol. The van der Waals surface area contributed by atoms with Crippen LogP contribution in [-0.2, 0) is 9.47 Å². The van der Waals surface area contributed by atoms with Crippen LogP contribution in [0, 0.1) is 6.92 Å². The number of aromatic nitrogens is 2. The fourth-order valence-corrected chi connectivity index (χ4v) is 3.91. The number of fused-ring (bicyclic) bond motifs is 1. The monoisotopic (exact) mass is 418 g/mol. The van der Waals surface area contributed by atoms with Crippen molar-refractivity contribution in [2.75, 3.05) is 14.2 Å². The molecule has 0 unspecified atom stereocenters. The molecule has 2 aromatic heterocycles. The van der Waals surface area contributed by atoms with Crippen LogP contribution in [0.15, 0.2) is 29.1 Å². The van der Waals surface area contributed by atoms with Gasteiger partial charge in [0.15, 0.2) is 5.82 Å². The maximum atomic E-state index is 12.5. The van der Waals surface area contributed by atoms with Gasteiger partial charge in [-0.3, -0.25) is 4.79 Å². The van der Waals surface area contributed by atoms with Crippen LogP contribution in [0.1, 0.15) is 37.0 Å². The van der Waals surface area contributed by atoms with Crippen LogP contribution in [0.3, 0.4) is 0 Å². The van der Waals surface area contributed by atoms with Crippen LogP contribution >= 0.6 is 22.9 Å². The molecule has 0 saturated carbocycles. The van der Waals surface area contributed by atoms with Crippen molar-refractivity contribution in [3.05, 3.63) is 62.0 Å².